The molecule has 0 bridgehead atoms. The smallest absolute Gasteiger partial charge is 0.248 e. The summed E-state index contributed by atoms with van der Waals surface area (Å²) >= 11 is 0. The molecule has 1 aliphatic heterocycles. The summed E-state index contributed by atoms with van der Waals surface area (Å²) in [7, 11) is 0. The number of hydrogen-bond acceptors (Lipinski definition) is 3. The minimum absolute atomic E-state index is 0.160. The summed E-state index contributed by atoms with van der Waals surface area (Å²) in [6.07, 6.45) is 0. The van der Waals surface area contributed by atoms with Crippen molar-refractivity contribution >= 4 is 11.6 Å². The fourth-order valence-electron chi connectivity index (χ4n) is 2.48. The number of carbonyl (C=O) groups excluding carboxylic acids is 1. The van der Waals surface area contributed by atoms with Crippen LogP contribution in [0.25, 0.3) is 0 Å². The van der Waals surface area contributed by atoms with Gasteiger partial charge in [0.1, 0.15) is 5.82 Å². The molecule has 0 radical (unpaired) electrons. The van der Waals surface area contributed by atoms with Gasteiger partial charge in [-0.05, 0) is 29.3 Å². The van der Waals surface area contributed by atoms with Crippen LogP contribution in [0.3, 0.4) is 0 Å². The summed E-state index contributed by atoms with van der Waals surface area (Å²) in [6, 6.07) is 11.7. The molecular weight excluding hydrogens is 271 g/mol. The Morgan fingerprint density at radius 3 is 2.90 bits per heavy atom. The molecule has 4 nitrogen and oxygen atoms in total. The van der Waals surface area contributed by atoms with Crippen molar-refractivity contribution in [3.05, 3.63) is 65.0 Å². The Morgan fingerprint density at radius 1 is 1.29 bits per heavy atom. The zero-order chi connectivity index (χ0) is 14.8. The normalized spacial score (nSPS) is 17.1. The topological polar surface area (TPSA) is 64.4 Å². The Kier molecular flexibility index (Phi) is 3.58. The highest BCUT2D eigenvalue weighted by Gasteiger charge is 2.21. The van der Waals surface area contributed by atoms with Gasteiger partial charge in [-0.15, -0.1) is 0 Å². The number of ether oxygens (including phenoxy) is 1. The average molecular weight is 286 g/mol. The van der Waals surface area contributed by atoms with E-state index < -0.39 is 11.7 Å². The highest BCUT2D eigenvalue weighted by molar-refractivity contribution is 5.93. The number of hydrogen-bond donors (Lipinski definition) is 2. The van der Waals surface area contributed by atoms with Crippen LogP contribution in [0.15, 0.2) is 42.5 Å². The van der Waals surface area contributed by atoms with Crippen molar-refractivity contribution in [1.29, 1.82) is 0 Å². The van der Waals surface area contributed by atoms with Crippen LogP contribution in [-0.4, -0.2) is 12.5 Å². The number of amides is 1. The second kappa shape index (κ2) is 5.54. The van der Waals surface area contributed by atoms with Gasteiger partial charge in [0.15, 0.2) is 0 Å². The minimum Gasteiger partial charge on any atom is -0.374 e. The van der Waals surface area contributed by atoms with Crippen LogP contribution in [0.1, 0.15) is 27.5 Å². The van der Waals surface area contributed by atoms with Crippen LogP contribution < -0.4 is 11.1 Å². The van der Waals surface area contributed by atoms with E-state index in [0.29, 0.717) is 13.2 Å². The molecule has 1 heterocycles. The average Bonchev–Trinajstić information content (AvgIpc) is 2.49. The number of carbonyl (C=O) groups is 1. The highest BCUT2D eigenvalue weighted by atomic mass is 19.1. The second-order valence-electron chi connectivity index (χ2n) is 4.97. The summed E-state index contributed by atoms with van der Waals surface area (Å²) in [6.45, 7) is 0.995. The van der Waals surface area contributed by atoms with E-state index in [2.05, 4.69) is 5.32 Å². The molecule has 1 amide bonds. The first kappa shape index (κ1) is 13.6. The van der Waals surface area contributed by atoms with Crippen molar-refractivity contribution in [2.75, 3.05) is 11.9 Å². The van der Waals surface area contributed by atoms with Gasteiger partial charge in [0.2, 0.25) is 5.91 Å². The number of nitrogens with one attached hydrogen (secondary N) is 1. The molecule has 3 rings (SSSR count). The highest BCUT2D eigenvalue weighted by Crippen LogP contribution is 2.29. The first-order valence-corrected chi connectivity index (χ1v) is 6.66. The quantitative estimate of drug-likeness (QED) is 0.911. The van der Waals surface area contributed by atoms with Gasteiger partial charge in [-0.1, -0.05) is 24.3 Å². The predicted molar refractivity (Wildman–Crippen MR) is 77.4 cm³/mol. The van der Waals surface area contributed by atoms with E-state index in [4.69, 9.17) is 10.5 Å². The van der Waals surface area contributed by atoms with Gasteiger partial charge in [0.25, 0.3) is 0 Å². The van der Waals surface area contributed by atoms with Crippen molar-refractivity contribution in [2.24, 2.45) is 5.73 Å². The van der Waals surface area contributed by atoms with Crippen molar-refractivity contribution < 1.29 is 13.9 Å². The lowest BCUT2D eigenvalue weighted by atomic mass is 9.98. The third-order valence-corrected chi connectivity index (χ3v) is 3.55. The maximum absolute atomic E-state index is 13.9. The first-order valence-electron chi connectivity index (χ1n) is 6.66. The predicted octanol–water partition coefficient (Wildman–Crippen LogP) is 2.61. The van der Waals surface area contributed by atoms with Gasteiger partial charge >= 0.3 is 0 Å². The Morgan fingerprint density at radius 2 is 2.10 bits per heavy atom. The summed E-state index contributed by atoms with van der Waals surface area (Å²) in [5, 5.41) is 3.09. The van der Waals surface area contributed by atoms with Gasteiger partial charge in [-0.25, -0.2) is 4.39 Å². The minimum atomic E-state index is -0.585. The fraction of sp³-hybridized carbons (Fsp3) is 0.188. The summed E-state index contributed by atoms with van der Waals surface area (Å²) in [5.41, 5.74) is 7.90. The molecule has 0 saturated heterocycles. The summed E-state index contributed by atoms with van der Waals surface area (Å²) in [5.74, 6) is -1.01. The Labute approximate surface area is 121 Å². The molecule has 0 aliphatic carbocycles. The number of fused-ring (bicyclic) bond motifs is 1. The molecule has 0 spiro atoms. The molecule has 1 aliphatic rings. The van der Waals surface area contributed by atoms with Gasteiger partial charge < -0.3 is 15.8 Å². The second-order valence-corrected chi connectivity index (χ2v) is 4.97. The number of benzene rings is 2. The third-order valence-electron chi connectivity index (χ3n) is 3.55. The number of nitrogens with two attached hydrogens (primary N) is 1. The maximum atomic E-state index is 13.9. The van der Waals surface area contributed by atoms with Gasteiger partial charge in [0, 0.05) is 5.56 Å². The molecule has 2 aromatic carbocycles. The molecule has 0 saturated carbocycles. The van der Waals surface area contributed by atoms with Crippen LogP contribution in [0, 0.1) is 5.82 Å². The lowest BCUT2D eigenvalue weighted by Crippen LogP contribution is -2.24. The van der Waals surface area contributed by atoms with Crippen LogP contribution in [0.5, 0.6) is 0 Å². The van der Waals surface area contributed by atoms with Crippen LogP contribution >= 0.6 is 0 Å². The molecule has 1 unspecified atom stereocenters. The van der Waals surface area contributed by atoms with E-state index in [0.717, 1.165) is 11.1 Å². The number of halogens is 1. The molecule has 21 heavy (non-hydrogen) atoms. The van der Waals surface area contributed by atoms with Crippen molar-refractivity contribution in [1.82, 2.24) is 0 Å². The number of anilines is 1. The summed E-state index contributed by atoms with van der Waals surface area (Å²) in [4.78, 5) is 11.2. The van der Waals surface area contributed by atoms with E-state index in [1.807, 2.05) is 24.3 Å². The standard InChI is InChI=1S/C16H15FN2O2/c17-13-6-5-10(16(18)20)7-14(13)19-15-9-21-8-11-3-1-2-4-12(11)15/h1-7,15,19H,8-9H2,(H2,18,20). The molecule has 1 atom stereocenters. The van der Waals surface area contributed by atoms with E-state index in [1.165, 1.54) is 18.2 Å². The molecule has 0 aromatic heterocycles. The van der Waals surface area contributed by atoms with Crippen molar-refractivity contribution in [3.63, 3.8) is 0 Å². The number of primary amides is 1. The molecule has 2 aromatic rings. The van der Waals surface area contributed by atoms with Crippen LogP contribution in [-0.2, 0) is 11.3 Å². The van der Waals surface area contributed by atoms with Crippen molar-refractivity contribution in [2.45, 2.75) is 12.6 Å². The third kappa shape index (κ3) is 2.73. The molecule has 108 valence electrons. The zero-order valence-electron chi connectivity index (χ0n) is 11.3. The molecule has 0 fully saturated rings. The Hall–Kier alpha value is -2.40. The molecular formula is C16H15FN2O2. The van der Waals surface area contributed by atoms with E-state index >= 15 is 0 Å². The van der Waals surface area contributed by atoms with Crippen LogP contribution in [0.4, 0.5) is 10.1 Å². The van der Waals surface area contributed by atoms with E-state index in [-0.39, 0.29) is 17.3 Å². The lowest BCUT2D eigenvalue weighted by Gasteiger charge is -2.27. The Bertz CT molecular complexity index is 688. The maximum Gasteiger partial charge on any atom is 0.248 e. The van der Waals surface area contributed by atoms with Gasteiger partial charge in [-0.2, -0.15) is 0 Å². The first-order chi connectivity index (χ1) is 10.1. The van der Waals surface area contributed by atoms with Gasteiger partial charge in [0.05, 0.1) is 24.9 Å². The SMILES string of the molecule is NC(=O)c1ccc(F)c(NC2COCc3ccccc32)c1. The van der Waals surface area contributed by atoms with E-state index in [9.17, 15) is 9.18 Å². The van der Waals surface area contributed by atoms with E-state index in [1.54, 1.807) is 0 Å². The molecule has 5 heteroatoms. The fourth-order valence-corrected chi connectivity index (χ4v) is 2.48. The lowest BCUT2D eigenvalue weighted by molar-refractivity contribution is 0.0969. The van der Waals surface area contributed by atoms with Crippen LogP contribution in [0.2, 0.25) is 0 Å². The zero-order valence-corrected chi connectivity index (χ0v) is 11.3. The van der Waals surface area contributed by atoms with Crippen molar-refractivity contribution in [3.8, 4) is 0 Å². The van der Waals surface area contributed by atoms with Gasteiger partial charge in [-0.3, -0.25) is 4.79 Å². The molecule has 3 N–H and O–H groups in total. The summed E-state index contributed by atoms with van der Waals surface area (Å²) < 4.78 is 19.4. The number of rotatable bonds is 3. The monoisotopic (exact) mass is 286 g/mol. The largest absolute Gasteiger partial charge is 0.374 e. The Balaban J connectivity index is 1.91.